The fourth-order valence-electron chi connectivity index (χ4n) is 5.27. The fourth-order valence-corrected chi connectivity index (χ4v) is 5.27. The van der Waals surface area contributed by atoms with Gasteiger partial charge < -0.3 is 4.74 Å². The van der Waals surface area contributed by atoms with Gasteiger partial charge >= 0.3 is 6.11 Å². The number of benzene rings is 2. The maximum absolute atomic E-state index is 14.8. The number of rotatable bonds is 7. The maximum Gasteiger partial charge on any atom is 0.425 e. The van der Waals surface area contributed by atoms with Crippen molar-refractivity contribution in [1.29, 1.82) is 0 Å². The molecule has 178 valence electrons. The number of halogens is 3. The van der Waals surface area contributed by atoms with Crippen molar-refractivity contribution in [3.05, 3.63) is 65.5 Å². The van der Waals surface area contributed by atoms with E-state index in [0.717, 1.165) is 41.4 Å². The summed E-state index contributed by atoms with van der Waals surface area (Å²) in [5.41, 5.74) is 2.61. The topological polar surface area (TPSA) is 9.23 Å². The molecule has 0 saturated heterocycles. The molecule has 0 bridgehead atoms. The SMILES string of the molecule is Cc1ccc(-c2ccc(OC(F)(F)C3=C(F)CC(CCC4CCC(C)CC4)CC3)cc2)cc1. The summed E-state index contributed by atoms with van der Waals surface area (Å²) in [5.74, 6) is 1.08. The molecule has 0 heterocycles. The predicted molar refractivity (Wildman–Crippen MR) is 128 cm³/mol. The number of allylic oxidation sites excluding steroid dienone is 1. The van der Waals surface area contributed by atoms with Gasteiger partial charge in [-0.1, -0.05) is 81.0 Å². The van der Waals surface area contributed by atoms with Crippen LogP contribution < -0.4 is 4.74 Å². The first kappa shape index (κ1) is 23.9. The van der Waals surface area contributed by atoms with Crippen LogP contribution in [0.25, 0.3) is 11.1 Å². The molecule has 1 fully saturated rings. The van der Waals surface area contributed by atoms with Crippen LogP contribution in [0.4, 0.5) is 13.2 Å². The summed E-state index contributed by atoms with van der Waals surface area (Å²) in [4.78, 5) is 0. The van der Waals surface area contributed by atoms with E-state index in [-0.39, 0.29) is 24.5 Å². The van der Waals surface area contributed by atoms with Gasteiger partial charge in [0.2, 0.25) is 0 Å². The summed E-state index contributed by atoms with van der Waals surface area (Å²) >= 11 is 0. The lowest BCUT2D eigenvalue weighted by atomic mass is 9.77. The van der Waals surface area contributed by atoms with Gasteiger partial charge in [-0.15, -0.1) is 0 Å². The summed E-state index contributed by atoms with van der Waals surface area (Å²) in [6.07, 6.45) is 4.27. The molecule has 0 spiro atoms. The second-order valence-corrected chi connectivity index (χ2v) is 10.2. The van der Waals surface area contributed by atoms with Crippen LogP contribution >= 0.6 is 0 Å². The van der Waals surface area contributed by atoms with Crippen molar-refractivity contribution in [3.63, 3.8) is 0 Å². The maximum atomic E-state index is 14.8. The van der Waals surface area contributed by atoms with Crippen molar-refractivity contribution in [2.45, 2.75) is 77.7 Å². The number of ether oxygens (including phenoxy) is 1. The zero-order chi connectivity index (χ0) is 23.4. The van der Waals surface area contributed by atoms with Gasteiger partial charge in [0.25, 0.3) is 0 Å². The molecular weight excluding hydrogens is 421 g/mol. The Morgan fingerprint density at radius 2 is 1.39 bits per heavy atom. The van der Waals surface area contributed by atoms with E-state index in [4.69, 9.17) is 4.74 Å². The molecule has 0 radical (unpaired) electrons. The monoisotopic (exact) mass is 456 g/mol. The first-order valence-electron chi connectivity index (χ1n) is 12.4. The van der Waals surface area contributed by atoms with Crippen LogP contribution in [0, 0.1) is 24.7 Å². The van der Waals surface area contributed by atoms with E-state index >= 15 is 0 Å². The van der Waals surface area contributed by atoms with Gasteiger partial charge in [0.05, 0.1) is 5.57 Å². The van der Waals surface area contributed by atoms with Gasteiger partial charge in [-0.05, 0) is 67.2 Å². The minimum Gasteiger partial charge on any atom is -0.429 e. The standard InChI is InChI=1S/C29H35F3O/c1-20-3-7-22(8-4-20)9-10-23-11-18-27(28(30)19-23)29(31,32)33-26-16-14-25(15-17-26)24-12-5-21(2)6-13-24/h5-6,12-17,20,22-23H,3-4,7-11,18-19H2,1-2H3. The highest BCUT2D eigenvalue weighted by molar-refractivity contribution is 5.64. The van der Waals surface area contributed by atoms with E-state index < -0.39 is 17.5 Å². The van der Waals surface area contributed by atoms with E-state index in [1.165, 1.54) is 37.8 Å². The minimum absolute atomic E-state index is 0.0461. The van der Waals surface area contributed by atoms with Gasteiger partial charge in [-0.25, -0.2) is 4.39 Å². The molecule has 0 aliphatic heterocycles. The van der Waals surface area contributed by atoms with E-state index in [1.807, 2.05) is 31.2 Å². The number of hydrogen-bond acceptors (Lipinski definition) is 1. The molecule has 2 aromatic carbocycles. The average molecular weight is 457 g/mol. The molecule has 0 aromatic heterocycles. The summed E-state index contributed by atoms with van der Waals surface area (Å²) < 4.78 is 49.4. The Balaban J connectivity index is 1.33. The normalized spacial score (nSPS) is 24.1. The van der Waals surface area contributed by atoms with E-state index in [1.54, 1.807) is 12.1 Å². The third-order valence-electron chi connectivity index (χ3n) is 7.55. The van der Waals surface area contributed by atoms with Gasteiger partial charge in [0.15, 0.2) is 0 Å². The summed E-state index contributed by atoms with van der Waals surface area (Å²) in [6.45, 7) is 4.32. The quantitative estimate of drug-likeness (QED) is 0.403. The van der Waals surface area contributed by atoms with Crippen molar-refractivity contribution >= 4 is 0 Å². The van der Waals surface area contributed by atoms with E-state index in [9.17, 15) is 13.2 Å². The fraction of sp³-hybridized carbons (Fsp3) is 0.517. The number of aryl methyl sites for hydroxylation is 1. The Hall–Kier alpha value is -2.23. The molecule has 4 rings (SSSR count). The number of hydrogen-bond donors (Lipinski definition) is 0. The molecule has 4 heteroatoms. The molecule has 1 unspecified atom stereocenters. The molecule has 0 N–H and O–H groups in total. The third kappa shape index (κ3) is 6.22. The van der Waals surface area contributed by atoms with E-state index in [2.05, 4.69) is 6.92 Å². The highest BCUT2D eigenvalue weighted by Crippen LogP contribution is 2.42. The lowest BCUT2D eigenvalue weighted by Crippen LogP contribution is -2.30. The molecule has 2 aromatic rings. The minimum atomic E-state index is -3.63. The van der Waals surface area contributed by atoms with Crippen LogP contribution in [0.1, 0.15) is 70.3 Å². The second-order valence-electron chi connectivity index (χ2n) is 10.2. The van der Waals surface area contributed by atoms with Gasteiger partial charge in [0.1, 0.15) is 11.6 Å². The highest BCUT2D eigenvalue weighted by Gasteiger charge is 2.42. The summed E-state index contributed by atoms with van der Waals surface area (Å²) in [7, 11) is 0. The molecule has 1 nitrogen and oxygen atoms in total. The summed E-state index contributed by atoms with van der Waals surface area (Å²) in [6, 6.07) is 14.6. The Morgan fingerprint density at radius 3 is 2.00 bits per heavy atom. The molecule has 1 saturated carbocycles. The third-order valence-corrected chi connectivity index (χ3v) is 7.55. The van der Waals surface area contributed by atoms with Crippen LogP contribution in [-0.2, 0) is 0 Å². The Kier molecular flexibility index (Phi) is 7.51. The average Bonchev–Trinajstić information content (AvgIpc) is 2.79. The molecule has 1 atom stereocenters. The number of alkyl halides is 2. The van der Waals surface area contributed by atoms with Crippen molar-refractivity contribution in [2.24, 2.45) is 17.8 Å². The Bertz CT molecular complexity index is 938. The van der Waals surface area contributed by atoms with Crippen LogP contribution in [0.3, 0.4) is 0 Å². The first-order valence-corrected chi connectivity index (χ1v) is 12.4. The Labute approximate surface area is 196 Å². The molecule has 2 aliphatic carbocycles. The first-order chi connectivity index (χ1) is 15.8. The van der Waals surface area contributed by atoms with Crippen LogP contribution in [0.5, 0.6) is 5.75 Å². The van der Waals surface area contributed by atoms with Crippen molar-refractivity contribution < 1.29 is 17.9 Å². The molecule has 2 aliphatic rings. The lowest BCUT2D eigenvalue weighted by molar-refractivity contribution is -0.147. The second kappa shape index (κ2) is 10.4. The zero-order valence-electron chi connectivity index (χ0n) is 19.8. The lowest BCUT2D eigenvalue weighted by Gasteiger charge is -2.30. The van der Waals surface area contributed by atoms with Crippen molar-refractivity contribution in [1.82, 2.24) is 0 Å². The predicted octanol–water partition coefficient (Wildman–Crippen LogP) is 9.26. The van der Waals surface area contributed by atoms with Gasteiger partial charge in [0, 0.05) is 6.42 Å². The molecule has 33 heavy (non-hydrogen) atoms. The van der Waals surface area contributed by atoms with Crippen LogP contribution in [0.15, 0.2) is 59.9 Å². The zero-order valence-corrected chi connectivity index (χ0v) is 19.8. The van der Waals surface area contributed by atoms with Crippen LogP contribution in [-0.4, -0.2) is 6.11 Å². The molecule has 0 amide bonds. The van der Waals surface area contributed by atoms with Gasteiger partial charge in [-0.2, -0.15) is 8.78 Å². The largest absolute Gasteiger partial charge is 0.429 e. The summed E-state index contributed by atoms with van der Waals surface area (Å²) in [5, 5.41) is 0. The Morgan fingerprint density at radius 1 is 0.818 bits per heavy atom. The smallest absolute Gasteiger partial charge is 0.425 e. The molecular formula is C29H35F3O. The van der Waals surface area contributed by atoms with Crippen molar-refractivity contribution in [2.75, 3.05) is 0 Å². The van der Waals surface area contributed by atoms with Crippen molar-refractivity contribution in [3.8, 4) is 16.9 Å². The highest BCUT2D eigenvalue weighted by atomic mass is 19.3. The van der Waals surface area contributed by atoms with Crippen LogP contribution in [0.2, 0.25) is 0 Å². The van der Waals surface area contributed by atoms with Gasteiger partial charge in [-0.3, -0.25) is 0 Å². The van der Waals surface area contributed by atoms with E-state index in [0.29, 0.717) is 6.42 Å².